The number of allylic oxidation sites excluding steroid dienone is 4. The van der Waals surface area contributed by atoms with Crippen LogP contribution in [0.25, 0.3) is 61.0 Å². The number of aromatic nitrogens is 2. The van der Waals surface area contributed by atoms with E-state index in [0.717, 1.165) is 29.8 Å². The van der Waals surface area contributed by atoms with Gasteiger partial charge >= 0.3 is 0 Å². The highest BCUT2D eigenvalue weighted by Gasteiger charge is 2.14. The molecule has 274 valence electrons. The zero-order valence-electron chi connectivity index (χ0n) is 33.1. The van der Waals surface area contributed by atoms with E-state index in [1.54, 1.807) is 0 Å². The van der Waals surface area contributed by atoms with E-state index in [1.165, 1.54) is 66.4 Å². The molecule has 0 bridgehead atoms. The van der Waals surface area contributed by atoms with E-state index >= 15 is 0 Å². The zero-order chi connectivity index (χ0) is 38.6. The number of rotatable bonds is 8. The van der Waals surface area contributed by atoms with Gasteiger partial charge in [0.2, 0.25) is 0 Å². The molecule has 0 amide bonds. The summed E-state index contributed by atoms with van der Waals surface area (Å²) in [4.78, 5) is 5.04. The Labute approximate surface area is 328 Å². The molecule has 0 saturated heterocycles. The van der Waals surface area contributed by atoms with Crippen LogP contribution in [-0.4, -0.2) is 9.55 Å². The Morgan fingerprint density at radius 1 is 0.509 bits per heavy atom. The van der Waals surface area contributed by atoms with Gasteiger partial charge in [-0.05, 0) is 103 Å². The van der Waals surface area contributed by atoms with Crippen LogP contribution in [0.5, 0.6) is 0 Å². The molecule has 2 aromatic heterocycles. The molecule has 8 rings (SSSR count). The van der Waals surface area contributed by atoms with Gasteiger partial charge in [0.25, 0.3) is 0 Å². The second-order valence-electron chi connectivity index (χ2n) is 13.6. The summed E-state index contributed by atoms with van der Waals surface area (Å²) in [5.41, 5.74) is 15.8. The van der Waals surface area contributed by atoms with Gasteiger partial charge in [0.15, 0.2) is 0 Å². The molecule has 0 unspecified atom stereocenters. The normalized spacial score (nSPS) is 11.1. The summed E-state index contributed by atoms with van der Waals surface area (Å²) in [6, 6.07) is 56.2. The van der Waals surface area contributed by atoms with Crippen molar-refractivity contribution in [3.63, 3.8) is 0 Å². The van der Waals surface area contributed by atoms with Crippen LogP contribution < -0.4 is 0 Å². The third kappa shape index (κ3) is 9.11. The minimum absolute atomic E-state index is 0.785. The fraction of sp³-hybridized carbons (Fsp3) is 0.151. The maximum Gasteiger partial charge on any atom is 0.0711 e. The van der Waals surface area contributed by atoms with Crippen LogP contribution in [0, 0.1) is 20.8 Å². The topological polar surface area (TPSA) is 17.8 Å². The number of hydrogen-bond donors (Lipinski definition) is 0. The van der Waals surface area contributed by atoms with Crippen molar-refractivity contribution in [3.05, 3.63) is 204 Å². The summed E-state index contributed by atoms with van der Waals surface area (Å²) in [5.74, 6) is 0. The molecule has 2 nitrogen and oxygen atoms in total. The SMILES string of the molecule is CC.CC/C=C\C=C/Cc1cc(-c2cc(C)cc(-n3c4ccccc4c4ccccc43)c2)cc(-c2ccccc2)n1.Cc1ccccc1-c1ccccc1C. The number of aryl methyl sites for hydroxylation is 3. The van der Waals surface area contributed by atoms with Gasteiger partial charge in [-0.1, -0.05) is 166 Å². The highest BCUT2D eigenvalue weighted by atomic mass is 15.0. The van der Waals surface area contributed by atoms with Gasteiger partial charge < -0.3 is 4.57 Å². The van der Waals surface area contributed by atoms with Gasteiger partial charge in [-0.2, -0.15) is 0 Å². The average molecular weight is 717 g/mol. The Morgan fingerprint density at radius 2 is 1.04 bits per heavy atom. The summed E-state index contributed by atoms with van der Waals surface area (Å²) < 4.78 is 2.39. The lowest BCUT2D eigenvalue weighted by atomic mass is 9.97. The number of pyridine rings is 1. The minimum Gasteiger partial charge on any atom is -0.309 e. The predicted molar refractivity (Wildman–Crippen MR) is 239 cm³/mol. The van der Waals surface area contributed by atoms with Crippen LogP contribution in [0.15, 0.2) is 182 Å². The third-order valence-electron chi connectivity index (χ3n) is 9.71. The van der Waals surface area contributed by atoms with Gasteiger partial charge in [0.1, 0.15) is 0 Å². The van der Waals surface area contributed by atoms with Crippen molar-refractivity contribution in [2.24, 2.45) is 0 Å². The van der Waals surface area contributed by atoms with E-state index in [1.807, 2.05) is 13.8 Å². The van der Waals surface area contributed by atoms with E-state index in [9.17, 15) is 0 Å². The minimum atomic E-state index is 0.785. The van der Waals surface area contributed by atoms with Gasteiger partial charge in [0.05, 0.1) is 16.7 Å². The van der Waals surface area contributed by atoms with Gasteiger partial charge in [-0.15, -0.1) is 0 Å². The molecule has 8 aromatic rings. The monoisotopic (exact) mass is 716 g/mol. The van der Waals surface area contributed by atoms with Crippen LogP contribution in [-0.2, 0) is 6.42 Å². The summed E-state index contributed by atoms with van der Waals surface area (Å²) in [6.07, 6.45) is 10.4. The van der Waals surface area contributed by atoms with E-state index in [-0.39, 0.29) is 0 Å². The predicted octanol–water partition coefficient (Wildman–Crippen LogP) is 14.9. The maximum absolute atomic E-state index is 5.04. The molecular weight excluding hydrogens is 665 g/mol. The zero-order valence-corrected chi connectivity index (χ0v) is 33.1. The van der Waals surface area contributed by atoms with Crippen LogP contribution in [0.3, 0.4) is 0 Å². The van der Waals surface area contributed by atoms with E-state index < -0.39 is 0 Å². The van der Waals surface area contributed by atoms with Crippen molar-refractivity contribution in [3.8, 4) is 39.2 Å². The number of benzene rings is 6. The van der Waals surface area contributed by atoms with Gasteiger partial charge in [-0.3, -0.25) is 4.98 Å². The van der Waals surface area contributed by atoms with Crippen molar-refractivity contribution in [2.45, 2.75) is 54.4 Å². The Bertz CT molecular complexity index is 2450. The highest BCUT2D eigenvalue weighted by molar-refractivity contribution is 6.09. The first kappa shape index (κ1) is 38.5. The van der Waals surface area contributed by atoms with Crippen molar-refractivity contribution in [2.75, 3.05) is 0 Å². The fourth-order valence-corrected chi connectivity index (χ4v) is 7.11. The second kappa shape index (κ2) is 18.7. The largest absolute Gasteiger partial charge is 0.309 e. The Kier molecular flexibility index (Phi) is 13.1. The molecule has 2 heteroatoms. The molecule has 0 aliphatic carbocycles. The summed E-state index contributed by atoms with van der Waals surface area (Å²) >= 11 is 0. The lowest BCUT2D eigenvalue weighted by Crippen LogP contribution is -1.97. The number of hydrogen-bond acceptors (Lipinski definition) is 1. The van der Waals surface area contributed by atoms with Crippen LogP contribution in [0.2, 0.25) is 0 Å². The Hall–Kier alpha value is -6.25. The molecule has 0 spiro atoms. The van der Waals surface area contributed by atoms with Gasteiger partial charge in [-0.25, -0.2) is 0 Å². The molecule has 0 N–H and O–H groups in total. The molecule has 0 atom stereocenters. The molecule has 0 fully saturated rings. The molecule has 2 heterocycles. The van der Waals surface area contributed by atoms with E-state index in [2.05, 4.69) is 214 Å². The average Bonchev–Trinajstić information content (AvgIpc) is 3.57. The van der Waals surface area contributed by atoms with Gasteiger partial charge in [0, 0.05) is 34.1 Å². The molecule has 6 aromatic carbocycles. The van der Waals surface area contributed by atoms with Crippen molar-refractivity contribution < 1.29 is 0 Å². The first-order valence-electron chi connectivity index (χ1n) is 19.6. The molecule has 0 aliphatic rings. The van der Waals surface area contributed by atoms with Crippen molar-refractivity contribution in [1.82, 2.24) is 9.55 Å². The number of nitrogens with zero attached hydrogens (tertiary/aromatic N) is 2. The second-order valence-corrected chi connectivity index (χ2v) is 13.6. The van der Waals surface area contributed by atoms with Crippen LogP contribution >= 0.6 is 0 Å². The third-order valence-corrected chi connectivity index (χ3v) is 9.71. The standard InChI is InChI=1S/C37H32N2.C14H14.C2H6/c1-3-4-5-6-10-17-31-24-30(26-35(38-31)28-15-8-7-9-16-28)29-22-27(2)23-32(25-29)39-36-20-13-11-18-33(36)34-19-12-14-21-37(34)39;1-11-7-3-5-9-13(11)14-10-6-4-8-12(14)2;1-2/h4-16,18-26H,3,17H2,1-2H3;3-10H,1-2H3;1-2H3/b5-4-,10-6-;;. The molecule has 55 heavy (non-hydrogen) atoms. The molecule has 0 aliphatic heterocycles. The van der Waals surface area contributed by atoms with E-state index in [4.69, 9.17) is 4.98 Å². The lowest BCUT2D eigenvalue weighted by Gasteiger charge is -2.14. The summed E-state index contributed by atoms with van der Waals surface area (Å²) in [7, 11) is 0. The Morgan fingerprint density at radius 3 is 1.64 bits per heavy atom. The van der Waals surface area contributed by atoms with E-state index in [0.29, 0.717) is 0 Å². The number of fused-ring (bicyclic) bond motifs is 3. The fourth-order valence-electron chi connectivity index (χ4n) is 7.11. The highest BCUT2D eigenvalue weighted by Crippen LogP contribution is 2.35. The lowest BCUT2D eigenvalue weighted by molar-refractivity contribution is 1.11. The summed E-state index contributed by atoms with van der Waals surface area (Å²) in [5, 5.41) is 2.55. The molecular formula is C53H52N2. The Balaban J connectivity index is 0.000000269. The quantitative estimate of drug-likeness (QED) is 0.143. The summed E-state index contributed by atoms with van der Waals surface area (Å²) in [6.45, 7) is 12.6. The first-order chi connectivity index (χ1) is 27.0. The van der Waals surface area contributed by atoms with Crippen LogP contribution in [0.1, 0.15) is 49.6 Å². The maximum atomic E-state index is 5.04. The first-order valence-corrected chi connectivity index (χ1v) is 19.6. The van der Waals surface area contributed by atoms with Crippen molar-refractivity contribution >= 4 is 21.8 Å². The number of para-hydroxylation sites is 2. The molecule has 0 saturated carbocycles. The van der Waals surface area contributed by atoms with Crippen LogP contribution in [0.4, 0.5) is 0 Å². The van der Waals surface area contributed by atoms with Crippen molar-refractivity contribution in [1.29, 1.82) is 0 Å². The smallest absolute Gasteiger partial charge is 0.0711 e. The molecule has 0 radical (unpaired) electrons.